The van der Waals surface area contributed by atoms with E-state index < -0.39 is 0 Å². The van der Waals surface area contributed by atoms with Crippen molar-refractivity contribution in [2.24, 2.45) is 0 Å². The largest absolute Gasteiger partial charge is 0.504 e. The van der Waals surface area contributed by atoms with Crippen LogP contribution in [-0.4, -0.2) is 30.2 Å². The van der Waals surface area contributed by atoms with E-state index in [0.29, 0.717) is 17.8 Å². The summed E-state index contributed by atoms with van der Waals surface area (Å²) in [4.78, 5) is 2.48. The van der Waals surface area contributed by atoms with Gasteiger partial charge in [0.1, 0.15) is 0 Å². The van der Waals surface area contributed by atoms with Gasteiger partial charge in [-0.3, -0.25) is 4.90 Å². The molecule has 1 atom stereocenters. The second-order valence-electron chi connectivity index (χ2n) is 5.92. The number of hydrogen-bond acceptors (Lipinski definition) is 3. The molecule has 3 heteroatoms. The minimum atomic E-state index is 0.209. The maximum atomic E-state index is 9.70. The number of ether oxygens (including phenoxy) is 1. The summed E-state index contributed by atoms with van der Waals surface area (Å²) >= 11 is 0. The Morgan fingerprint density at radius 2 is 1.85 bits per heavy atom. The average molecular weight is 277 g/mol. The first-order chi connectivity index (χ1) is 9.63. The molecule has 0 aliphatic heterocycles. The molecular formula is C17H27NO2. The lowest BCUT2D eigenvalue weighted by Gasteiger charge is -2.33. The molecule has 1 aliphatic carbocycles. The van der Waals surface area contributed by atoms with Crippen molar-refractivity contribution in [2.45, 2.75) is 57.5 Å². The number of phenolic OH excluding ortho intramolecular Hbond substituents is 1. The summed E-state index contributed by atoms with van der Waals surface area (Å²) in [5.74, 6) is 0.768. The highest BCUT2D eigenvalue weighted by molar-refractivity contribution is 5.42. The van der Waals surface area contributed by atoms with Crippen molar-refractivity contribution in [1.29, 1.82) is 0 Å². The molecule has 1 fully saturated rings. The van der Waals surface area contributed by atoms with E-state index in [-0.39, 0.29) is 5.75 Å². The molecule has 0 amide bonds. The Kier molecular flexibility index (Phi) is 5.30. The van der Waals surface area contributed by atoms with Crippen molar-refractivity contribution in [3.8, 4) is 11.5 Å². The van der Waals surface area contributed by atoms with Crippen molar-refractivity contribution in [3.63, 3.8) is 0 Å². The summed E-state index contributed by atoms with van der Waals surface area (Å²) in [5.41, 5.74) is 1.20. The molecule has 1 unspecified atom stereocenters. The second-order valence-corrected chi connectivity index (χ2v) is 5.92. The molecule has 20 heavy (non-hydrogen) atoms. The standard InChI is InChI=1S/C17H27NO2/c1-13(14-10-11-16(19)17(12-14)20-3)18(2)15-8-6-4-5-7-9-15/h10-13,15,19H,4-9H2,1-3H3. The van der Waals surface area contributed by atoms with Gasteiger partial charge in [0.25, 0.3) is 0 Å². The summed E-state index contributed by atoms with van der Waals surface area (Å²) in [6.07, 6.45) is 8.06. The molecular weight excluding hydrogens is 250 g/mol. The molecule has 0 radical (unpaired) electrons. The molecule has 1 aromatic rings. The van der Waals surface area contributed by atoms with Crippen LogP contribution >= 0.6 is 0 Å². The van der Waals surface area contributed by atoms with Crippen molar-refractivity contribution >= 4 is 0 Å². The number of rotatable bonds is 4. The zero-order chi connectivity index (χ0) is 14.5. The monoisotopic (exact) mass is 277 g/mol. The SMILES string of the molecule is COc1cc(C(C)N(C)C2CCCCCC2)ccc1O. The molecule has 0 saturated heterocycles. The van der Waals surface area contributed by atoms with Crippen molar-refractivity contribution in [1.82, 2.24) is 4.90 Å². The molecule has 1 aliphatic rings. The zero-order valence-electron chi connectivity index (χ0n) is 12.9. The molecule has 112 valence electrons. The quantitative estimate of drug-likeness (QED) is 0.840. The molecule has 1 saturated carbocycles. The summed E-state index contributed by atoms with van der Waals surface area (Å²) in [7, 11) is 3.82. The van der Waals surface area contributed by atoms with Crippen LogP contribution in [0.4, 0.5) is 0 Å². The van der Waals surface area contributed by atoms with Gasteiger partial charge >= 0.3 is 0 Å². The molecule has 0 aromatic heterocycles. The third-order valence-corrected chi connectivity index (χ3v) is 4.70. The third-order valence-electron chi connectivity index (χ3n) is 4.70. The van der Waals surface area contributed by atoms with Gasteiger partial charge in [0, 0.05) is 12.1 Å². The van der Waals surface area contributed by atoms with Crippen molar-refractivity contribution in [3.05, 3.63) is 23.8 Å². The van der Waals surface area contributed by atoms with Gasteiger partial charge in [0.05, 0.1) is 7.11 Å². The van der Waals surface area contributed by atoms with Crippen LogP contribution < -0.4 is 4.74 Å². The molecule has 0 bridgehead atoms. The Morgan fingerprint density at radius 1 is 1.20 bits per heavy atom. The second kappa shape index (κ2) is 6.98. The number of nitrogens with zero attached hydrogens (tertiary/aromatic N) is 1. The first-order valence-corrected chi connectivity index (χ1v) is 7.72. The van der Waals surface area contributed by atoms with Crippen LogP contribution in [0.5, 0.6) is 11.5 Å². The number of aromatic hydroxyl groups is 1. The van der Waals surface area contributed by atoms with Gasteiger partial charge in [-0.15, -0.1) is 0 Å². The normalized spacial score (nSPS) is 18.8. The molecule has 0 spiro atoms. The zero-order valence-corrected chi connectivity index (χ0v) is 12.9. The molecule has 3 nitrogen and oxygen atoms in total. The summed E-state index contributed by atoms with van der Waals surface area (Å²) < 4.78 is 5.21. The van der Waals surface area contributed by atoms with Crippen LogP contribution in [0, 0.1) is 0 Å². The van der Waals surface area contributed by atoms with Crippen molar-refractivity contribution < 1.29 is 9.84 Å². The van der Waals surface area contributed by atoms with Crippen LogP contribution in [0.25, 0.3) is 0 Å². The fourth-order valence-corrected chi connectivity index (χ4v) is 3.17. The van der Waals surface area contributed by atoms with Crippen molar-refractivity contribution in [2.75, 3.05) is 14.2 Å². The molecule has 0 heterocycles. The Labute approximate surface area is 122 Å². The average Bonchev–Trinajstić information content (AvgIpc) is 2.75. The highest BCUT2D eigenvalue weighted by atomic mass is 16.5. The lowest BCUT2D eigenvalue weighted by molar-refractivity contribution is 0.168. The number of benzene rings is 1. The molecule has 1 N–H and O–H groups in total. The Morgan fingerprint density at radius 3 is 2.45 bits per heavy atom. The molecule has 1 aromatic carbocycles. The number of methoxy groups -OCH3 is 1. The predicted molar refractivity (Wildman–Crippen MR) is 82.3 cm³/mol. The van der Waals surface area contributed by atoms with Gasteiger partial charge in [0.2, 0.25) is 0 Å². The van der Waals surface area contributed by atoms with E-state index in [2.05, 4.69) is 18.9 Å². The molecule has 2 rings (SSSR count). The maximum absolute atomic E-state index is 9.70. The number of phenols is 1. The van der Waals surface area contributed by atoms with E-state index in [1.54, 1.807) is 13.2 Å². The smallest absolute Gasteiger partial charge is 0.160 e. The van der Waals surface area contributed by atoms with Gasteiger partial charge in [-0.2, -0.15) is 0 Å². The third kappa shape index (κ3) is 3.45. The van der Waals surface area contributed by atoms with Crippen LogP contribution in [0.3, 0.4) is 0 Å². The first kappa shape index (κ1) is 15.2. The summed E-state index contributed by atoms with van der Waals surface area (Å²) in [6, 6.07) is 6.69. The maximum Gasteiger partial charge on any atom is 0.160 e. The van der Waals surface area contributed by atoms with Crippen LogP contribution in [0.1, 0.15) is 57.1 Å². The Bertz CT molecular complexity index is 425. The fraction of sp³-hybridized carbons (Fsp3) is 0.647. The van der Waals surface area contributed by atoms with Crippen LogP contribution in [-0.2, 0) is 0 Å². The minimum Gasteiger partial charge on any atom is -0.504 e. The highest BCUT2D eigenvalue weighted by Crippen LogP contribution is 2.33. The summed E-state index contributed by atoms with van der Waals surface area (Å²) in [6.45, 7) is 2.23. The minimum absolute atomic E-state index is 0.209. The van der Waals surface area contributed by atoms with Gasteiger partial charge in [-0.25, -0.2) is 0 Å². The van der Waals surface area contributed by atoms with E-state index in [1.165, 1.54) is 44.1 Å². The van der Waals surface area contributed by atoms with Gasteiger partial charge in [-0.1, -0.05) is 31.7 Å². The van der Waals surface area contributed by atoms with E-state index in [0.717, 1.165) is 0 Å². The van der Waals surface area contributed by atoms with E-state index in [9.17, 15) is 5.11 Å². The Hall–Kier alpha value is -1.22. The highest BCUT2D eigenvalue weighted by Gasteiger charge is 2.22. The van der Waals surface area contributed by atoms with E-state index in [4.69, 9.17) is 4.74 Å². The lowest BCUT2D eigenvalue weighted by atomic mass is 10.0. The first-order valence-electron chi connectivity index (χ1n) is 7.72. The predicted octanol–water partition coefficient (Wildman–Crippen LogP) is 4.12. The van der Waals surface area contributed by atoms with Crippen LogP contribution in [0.2, 0.25) is 0 Å². The van der Waals surface area contributed by atoms with E-state index >= 15 is 0 Å². The Balaban J connectivity index is 2.10. The van der Waals surface area contributed by atoms with Crippen LogP contribution in [0.15, 0.2) is 18.2 Å². The summed E-state index contributed by atoms with van der Waals surface area (Å²) in [5, 5.41) is 9.70. The lowest BCUT2D eigenvalue weighted by Crippen LogP contribution is -2.33. The van der Waals surface area contributed by atoms with Gasteiger partial charge in [-0.05, 0) is 44.5 Å². The number of hydrogen-bond donors (Lipinski definition) is 1. The fourth-order valence-electron chi connectivity index (χ4n) is 3.17. The van der Waals surface area contributed by atoms with Gasteiger partial charge < -0.3 is 9.84 Å². The van der Waals surface area contributed by atoms with Gasteiger partial charge in [0.15, 0.2) is 11.5 Å². The topological polar surface area (TPSA) is 32.7 Å². The van der Waals surface area contributed by atoms with E-state index in [1.807, 2.05) is 12.1 Å².